The van der Waals surface area contributed by atoms with Gasteiger partial charge in [-0.2, -0.15) is 4.98 Å². The van der Waals surface area contributed by atoms with Gasteiger partial charge in [-0.3, -0.25) is 0 Å². The molecule has 1 aliphatic heterocycles. The van der Waals surface area contributed by atoms with E-state index in [1.165, 1.54) is 25.5 Å². The molecule has 0 saturated carbocycles. The van der Waals surface area contributed by atoms with Crippen molar-refractivity contribution >= 4 is 23.4 Å². The van der Waals surface area contributed by atoms with Gasteiger partial charge in [0.1, 0.15) is 5.02 Å². The summed E-state index contributed by atoms with van der Waals surface area (Å²) in [6.45, 7) is 2.03. The van der Waals surface area contributed by atoms with Crippen molar-refractivity contribution in [2.45, 2.75) is 19.3 Å². The summed E-state index contributed by atoms with van der Waals surface area (Å²) in [5.41, 5.74) is 8.65. The quantitative estimate of drug-likeness (QED) is 0.802. The van der Waals surface area contributed by atoms with E-state index in [2.05, 4.69) is 20.4 Å². The van der Waals surface area contributed by atoms with Crippen LogP contribution in [0.3, 0.4) is 0 Å². The largest absolute Gasteiger partial charge is 0.368 e. The standard InChI is InChI=1S/C9H14ClN5/c10-7-6-12-9(11)13-8(7)14-15-4-2-1-3-5-15/h6H,1-5H2,(H3,11,12,13,14). The van der Waals surface area contributed by atoms with Crippen molar-refractivity contribution < 1.29 is 0 Å². The zero-order valence-corrected chi connectivity index (χ0v) is 9.17. The van der Waals surface area contributed by atoms with Gasteiger partial charge in [-0.05, 0) is 12.8 Å². The van der Waals surface area contributed by atoms with Crippen molar-refractivity contribution in [3.63, 3.8) is 0 Å². The number of piperidine rings is 1. The molecule has 0 amide bonds. The Morgan fingerprint density at radius 2 is 2.07 bits per heavy atom. The minimum atomic E-state index is 0.235. The van der Waals surface area contributed by atoms with Gasteiger partial charge in [0.25, 0.3) is 0 Å². The number of aromatic nitrogens is 2. The number of rotatable bonds is 2. The molecule has 1 saturated heterocycles. The molecule has 0 spiro atoms. The highest BCUT2D eigenvalue weighted by Crippen LogP contribution is 2.20. The van der Waals surface area contributed by atoms with E-state index in [9.17, 15) is 0 Å². The maximum Gasteiger partial charge on any atom is 0.222 e. The summed E-state index contributed by atoms with van der Waals surface area (Å²) in [5.74, 6) is 0.824. The normalized spacial score (nSPS) is 17.7. The van der Waals surface area contributed by atoms with E-state index in [0.29, 0.717) is 10.8 Å². The molecule has 0 aliphatic carbocycles. The molecule has 0 unspecified atom stereocenters. The first-order valence-corrected chi connectivity index (χ1v) is 5.43. The first kappa shape index (κ1) is 10.4. The Labute approximate surface area is 93.6 Å². The van der Waals surface area contributed by atoms with Gasteiger partial charge in [0.05, 0.1) is 6.20 Å². The zero-order chi connectivity index (χ0) is 10.7. The molecule has 0 bridgehead atoms. The number of nitrogen functional groups attached to an aromatic ring is 1. The van der Waals surface area contributed by atoms with Crippen molar-refractivity contribution in [2.75, 3.05) is 24.2 Å². The molecule has 2 heterocycles. The highest BCUT2D eigenvalue weighted by Gasteiger charge is 2.12. The second-order valence-corrected chi connectivity index (χ2v) is 3.99. The summed E-state index contributed by atoms with van der Waals surface area (Å²) in [5, 5.41) is 2.60. The van der Waals surface area contributed by atoms with Crippen molar-refractivity contribution in [2.24, 2.45) is 0 Å². The van der Waals surface area contributed by atoms with Crippen LogP contribution in [0.2, 0.25) is 5.02 Å². The smallest absolute Gasteiger partial charge is 0.222 e. The molecule has 0 atom stereocenters. The van der Waals surface area contributed by atoms with E-state index < -0.39 is 0 Å². The Hall–Kier alpha value is -1.07. The first-order valence-electron chi connectivity index (χ1n) is 5.05. The van der Waals surface area contributed by atoms with Crippen LogP contribution >= 0.6 is 11.6 Å². The third-order valence-corrected chi connectivity index (χ3v) is 2.66. The molecule has 1 aliphatic rings. The summed E-state index contributed by atoms with van der Waals surface area (Å²) in [7, 11) is 0. The molecule has 1 aromatic heterocycles. The number of halogens is 1. The second-order valence-electron chi connectivity index (χ2n) is 3.58. The monoisotopic (exact) mass is 227 g/mol. The molecule has 15 heavy (non-hydrogen) atoms. The van der Waals surface area contributed by atoms with Crippen LogP contribution in [-0.2, 0) is 0 Å². The van der Waals surface area contributed by atoms with Gasteiger partial charge in [-0.25, -0.2) is 9.99 Å². The number of hydrazine groups is 1. The Kier molecular flexibility index (Phi) is 3.23. The van der Waals surface area contributed by atoms with Gasteiger partial charge >= 0.3 is 0 Å². The number of anilines is 2. The Balaban J connectivity index is 2.05. The first-order chi connectivity index (χ1) is 7.25. The van der Waals surface area contributed by atoms with Crippen molar-refractivity contribution in [1.82, 2.24) is 15.0 Å². The Morgan fingerprint density at radius 1 is 1.33 bits per heavy atom. The lowest BCUT2D eigenvalue weighted by Gasteiger charge is -2.27. The SMILES string of the molecule is Nc1ncc(Cl)c(NN2CCCCC2)n1. The average Bonchev–Trinajstić information content (AvgIpc) is 2.25. The average molecular weight is 228 g/mol. The van der Waals surface area contributed by atoms with Crippen LogP contribution in [0.4, 0.5) is 11.8 Å². The molecule has 0 aromatic carbocycles. The number of nitrogens with zero attached hydrogens (tertiary/aromatic N) is 3. The predicted molar refractivity (Wildman–Crippen MR) is 60.5 cm³/mol. The molecule has 6 heteroatoms. The fourth-order valence-electron chi connectivity index (χ4n) is 1.61. The lowest BCUT2D eigenvalue weighted by molar-refractivity contribution is 0.272. The van der Waals surface area contributed by atoms with E-state index in [-0.39, 0.29) is 5.95 Å². The molecule has 82 valence electrons. The van der Waals surface area contributed by atoms with Gasteiger partial charge < -0.3 is 11.2 Å². The molecule has 1 aromatic rings. The van der Waals surface area contributed by atoms with Gasteiger partial charge in [-0.15, -0.1) is 0 Å². The molecule has 0 radical (unpaired) electrons. The van der Waals surface area contributed by atoms with E-state index in [0.717, 1.165) is 13.1 Å². The maximum atomic E-state index is 5.95. The fraction of sp³-hybridized carbons (Fsp3) is 0.556. The van der Waals surface area contributed by atoms with Crippen LogP contribution in [0, 0.1) is 0 Å². The molecule has 2 rings (SSSR count). The van der Waals surface area contributed by atoms with E-state index in [1.807, 2.05) is 0 Å². The number of nitrogens with one attached hydrogen (secondary N) is 1. The van der Waals surface area contributed by atoms with Crippen molar-refractivity contribution in [1.29, 1.82) is 0 Å². The summed E-state index contributed by atoms with van der Waals surface area (Å²) in [4.78, 5) is 7.86. The Bertz CT molecular complexity index is 337. The molecule has 5 nitrogen and oxygen atoms in total. The highest BCUT2D eigenvalue weighted by molar-refractivity contribution is 6.32. The van der Waals surface area contributed by atoms with Gasteiger partial charge in [0.2, 0.25) is 5.95 Å². The third kappa shape index (κ3) is 2.70. The molecular formula is C9H14ClN5. The van der Waals surface area contributed by atoms with E-state index in [4.69, 9.17) is 17.3 Å². The summed E-state index contributed by atoms with van der Waals surface area (Å²) >= 11 is 5.95. The molecular weight excluding hydrogens is 214 g/mol. The minimum absolute atomic E-state index is 0.235. The lowest BCUT2D eigenvalue weighted by atomic mass is 10.2. The van der Waals surface area contributed by atoms with Crippen LogP contribution in [0.1, 0.15) is 19.3 Å². The van der Waals surface area contributed by atoms with Crippen LogP contribution in [0.5, 0.6) is 0 Å². The van der Waals surface area contributed by atoms with Gasteiger partial charge in [0.15, 0.2) is 5.82 Å². The fourth-order valence-corrected chi connectivity index (χ4v) is 1.75. The lowest BCUT2D eigenvalue weighted by Crippen LogP contribution is -2.35. The summed E-state index contributed by atoms with van der Waals surface area (Å²) in [6, 6.07) is 0. The molecule has 3 N–H and O–H groups in total. The summed E-state index contributed by atoms with van der Waals surface area (Å²) in [6.07, 6.45) is 5.20. The number of hydrogen-bond acceptors (Lipinski definition) is 5. The highest BCUT2D eigenvalue weighted by atomic mass is 35.5. The topological polar surface area (TPSA) is 67.1 Å². The maximum absolute atomic E-state index is 5.95. The van der Waals surface area contributed by atoms with Crippen molar-refractivity contribution in [3.8, 4) is 0 Å². The van der Waals surface area contributed by atoms with E-state index >= 15 is 0 Å². The van der Waals surface area contributed by atoms with E-state index in [1.54, 1.807) is 0 Å². The number of hydrogen-bond donors (Lipinski definition) is 2. The summed E-state index contributed by atoms with van der Waals surface area (Å²) < 4.78 is 0. The van der Waals surface area contributed by atoms with Crippen molar-refractivity contribution in [3.05, 3.63) is 11.2 Å². The van der Waals surface area contributed by atoms with Crippen LogP contribution in [0.25, 0.3) is 0 Å². The van der Waals surface area contributed by atoms with Crippen LogP contribution < -0.4 is 11.2 Å². The van der Waals surface area contributed by atoms with Crippen LogP contribution in [-0.4, -0.2) is 28.1 Å². The minimum Gasteiger partial charge on any atom is -0.368 e. The Morgan fingerprint density at radius 3 is 2.80 bits per heavy atom. The van der Waals surface area contributed by atoms with Gasteiger partial charge in [0, 0.05) is 13.1 Å². The second kappa shape index (κ2) is 4.63. The molecule has 1 fully saturated rings. The van der Waals surface area contributed by atoms with Gasteiger partial charge in [-0.1, -0.05) is 18.0 Å². The van der Waals surface area contributed by atoms with Crippen LogP contribution in [0.15, 0.2) is 6.20 Å². The third-order valence-electron chi connectivity index (χ3n) is 2.38. The number of nitrogens with two attached hydrogens (primary N) is 1. The predicted octanol–water partition coefficient (Wildman–Crippen LogP) is 1.52. The zero-order valence-electron chi connectivity index (χ0n) is 8.41.